The predicted molar refractivity (Wildman–Crippen MR) is 68.7 cm³/mol. The third kappa shape index (κ3) is 3.06. The first-order valence-electron chi connectivity index (χ1n) is 6.12. The van der Waals surface area contributed by atoms with Crippen molar-refractivity contribution >= 4 is 0 Å². The van der Waals surface area contributed by atoms with Gasteiger partial charge in [0, 0.05) is 25.2 Å². The van der Waals surface area contributed by atoms with Crippen LogP contribution in [-0.2, 0) is 6.42 Å². The average Bonchev–Trinajstić information content (AvgIpc) is 2.64. The lowest BCUT2D eigenvalue weighted by molar-refractivity contribution is 0.0371. The molecule has 3 nitrogen and oxygen atoms in total. The molecule has 1 aromatic heterocycles. The largest absolute Gasteiger partial charge is 0.327 e. The molecule has 0 saturated carbocycles. The molecule has 0 bridgehead atoms. The van der Waals surface area contributed by atoms with Gasteiger partial charge in [0.05, 0.1) is 5.69 Å². The van der Waals surface area contributed by atoms with E-state index in [1.807, 2.05) is 51.6 Å². The summed E-state index contributed by atoms with van der Waals surface area (Å²) in [7, 11) is 0. The zero-order chi connectivity index (χ0) is 13.3. The van der Waals surface area contributed by atoms with Gasteiger partial charge in [0.1, 0.15) is 5.67 Å². The van der Waals surface area contributed by atoms with Crippen LogP contribution < -0.4 is 5.73 Å². The highest BCUT2D eigenvalue weighted by Crippen LogP contribution is 2.35. The normalized spacial score (nSPS) is 16.2. The van der Waals surface area contributed by atoms with E-state index in [0.29, 0.717) is 6.04 Å². The summed E-state index contributed by atoms with van der Waals surface area (Å²) in [5.41, 5.74) is 4.47. The molecule has 0 fully saturated rings. The van der Waals surface area contributed by atoms with Gasteiger partial charge in [0.2, 0.25) is 0 Å². The van der Waals surface area contributed by atoms with E-state index in [2.05, 4.69) is 5.10 Å². The fourth-order valence-corrected chi connectivity index (χ4v) is 1.69. The van der Waals surface area contributed by atoms with E-state index < -0.39 is 11.1 Å². The molecule has 0 aromatic carbocycles. The third-order valence-corrected chi connectivity index (χ3v) is 3.32. The zero-order valence-corrected chi connectivity index (χ0v) is 11.5. The van der Waals surface area contributed by atoms with E-state index in [0.717, 1.165) is 5.69 Å². The van der Waals surface area contributed by atoms with Gasteiger partial charge in [-0.15, -0.1) is 0 Å². The summed E-state index contributed by atoms with van der Waals surface area (Å²) in [6.45, 7) is 9.74. The lowest BCUT2D eigenvalue weighted by Crippen LogP contribution is -2.47. The molecule has 1 heterocycles. The number of nitrogens with zero attached hydrogens (tertiary/aromatic N) is 2. The Morgan fingerprint density at radius 1 is 1.41 bits per heavy atom. The summed E-state index contributed by atoms with van der Waals surface area (Å²) in [6, 6.07) is 2.17. The molecular weight excluding hydrogens is 217 g/mol. The third-order valence-electron chi connectivity index (χ3n) is 3.32. The molecule has 0 aliphatic carbocycles. The van der Waals surface area contributed by atoms with Crippen LogP contribution in [0.1, 0.15) is 46.4 Å². The molecule has 4 heteroatoms. The van der Waals surface area contributed by atoms with Crippen LogP contribution in [0.15, 0.2) is 12.3 Å². The van der Waals surface area contributed by atoms with Crippen LogP contribution in [0.2, 0.25) is 0 Å². The minimum atomic E-state index is -1.41. The van der Waals surface area contributed by atoms with Crippen molar-refractivity contribution in [3.63, 3.8) is 0 Å². The molecule has 0 radical (unpaired) electrons. The highest BCUT2D eigenvalue weighted by molar-refractivity contribution is 5.08. The van der Waals surface area contributed by atoms with Gasteiger partial charge in [0.25, 0.3) is 0 Å². The highest BCUT2D eigenvalue weighted by atomic mass is 19.1. The van der Waals surface area contributed by atoms with Crippen LogP contribution in [0.3, 0.4) is 0 Å². The van der Waals surface area contributed by atoms with Crippen molar-refractivity contribution < 1.29 is 4.39 Å². The molecule has 0 amide bonds. The second-order valence-corrected chi connectivity index (χ2v) is 5.98. The summed E-state index contributed by atoms with van der Waals surface area (Å²) < 4.78 is 16.6. The smallest absolute Gasteiger partial charge is 0.133 e. The Kier molecular flexibility index (Phi) is 3.97. The van der Waals surface area contributed by atoms with Crippen LogP contribution in [0.5, 0.6) is 0 Å². The van der Waals surface area contributed by atoms with Gasteiger partial charge in [0.15, 0.2) is 0 Å². The van der Waals surface area contributed by atoms with Crippen molar-refractivity contribution in [3.8, 4) is 0 Å². The number of aromatic nitrogens is 2. The van der Waals surface area contributed by atoms with Crippen molar-refractivity contribution in [3.05, 3.63) is 18.0 Å². The Balaban J connectivity index is 2.88. The fraction of sp³-hybridized carbons (Fsp3) is 0.769. The Bertz CT molecular complexity index is 365. The van der Waals surface area contributed by atoms with E-state index in [1.54, 1.807) is 0 Å². The first-order chi connectivity index (χ1) is 7.69. The Hall–Kier alpha value is -0.900. The molecule has 0 aliphatic heterocycles. The van der Waals surface area contributed by atoms with Gasteiger partial charge in [-0.3, -0.25) is 4.68 Å². The van der Waals surface area contributed by atoms with Crippen LogP contribution in [-0.4, -0.2) is 22.0 Å². The maximum Gasteiger partial charge on any atom is 0.133 e. The van der Waals surface area contributed by atoms with Crippen molar-refractivity contribution in [2.24, 2.45) is 11.1 Å². The molecule has 1 atom stereocenters. The van der Waals surface area contributed by atoms with Crippen molar-refractivity contribution in [1.29, 1.82) is 0 Å². The lowest BCUT2D eigenvalue weighted by atomic mass is 9.75. The molecule has 1 rings (SSSR count). The van der Waals surface area contributed by atoms with Crippen molar-refractivity contribution in [2.45, 2.75) is 52.8 Å². The number of rotatable bonds is 4. The minimum Gasteiger partial charge on any atom is -0.327 e. The van der Waals surface area contributed by atoms with Gasteiger partial charge in [-0.2, -0.15) is 5.10 Å². The quantitative estimate of drug-likeness (QED) is 0.880. The number of halogens is 1. The first-order valence-corrected chi connectivity index (χ1v) is 6.12. The summed E-state index contributed by atoms with van der Waals surface area (Å²) in [5, 5.41) is 4.38. The van der Waals surface area contributed by atoms with Crippen LogP contribution in [0.4, 0.5) is 4.39 Å². The summed E-state index contributed by atoms with van der Waals surface area (Å²) in [6.07, 6.45) is 2.16. The van der Waals surface area contributed by atoms with Gasteiger partial charge in [-0.25, -0.2) is 4.39 Å². The number of hydrogen-bond donors (Lipinski definition) is 1. The van der Waals surface area contributed by atoms with Crippen molar-refractivity contribution in [2.75, 3.05) is 6.54 Å². The van der Waals surface area contributed by atoms with E-state index in [4.69, 9.17) is 5.73 Å². The van der Waals surface area contributed by atoms with Gasteiger partial charge in [-0.1, -0.05) is 20.8 Å². The van der Waals surface area contributed by atoms with Crippen LogP contribution >= 0.6 is 0 Å². The Morgan fingerprint density at radius 3 is 2.35 bits per heavy atom. The number of hydrogen-bond acceptors (Lipinski definition) is 2. The van der Waals surface area contributed by atoms with E-state index in [-0.39, 0.29) is 13.0 Å². The van der Waals surface area contributed by atoms with E-state index in [9.17, 15) is 4.39 Å². The topological polar surface area (TPSA) is 43.8 Å². The van der Waals surface area contributed by atoms with Crippen molar-refractivity contribution in [1.82, 2.24) is 9.78 Å². The maximum atomic E-state index is 14.7. The summed E-state index contributed by atoms with van der Waals surface area (Å²) in [4.78, 5) is 0. The molecule has 17 heavy (non-hydrogen) atoms. The first kappa shape index (κ1) is 14.2. The molecule has 98 valence electrons. The second-order valence-electron chi connectivity index (χ2n) is 5.98. The molecule has 1 unspecified atom stereocenters. The lowest BCUT2D eigenvalue weighted by Gasteiger charge is -2.36. The zero-order valence-electron chi connectivity index (χ0n) is 11.5. The van der Waals surface area contributed by atoms with Gasteiger partial charge < -0.3 is 5.73 Å². The average molecular weight is 241 g/mol. The minimum absolute atomic E-state index is 0.0189. The Morgan fingerprint density at radius 2 is 2.00 bits per heavy atom. The molecular formula is C13H24FN3. The molecule has 1 aromatic rings. The van der Waals surface area contributed by atoms with Crippen LogP contribution in [0, 0.1) is 5.41 Å². The molecule has 2 N–H and O–H groups in total. The SMILES string of the molecule is CC(C)n1ccc(CC(F)(CN)C(C)(C)C)n1. The molecule has 0 saturated heterocycles. The predicted octanol–water partition coefficient (Wildman–Crippen LogP) is 2.72. The maximum absolute atomic E-state index is 14.7. The molecule has 0 aliphatic rings. The highest BCUT2D eigenvalue weighted by Gasteiger charge is 2.41. The molecule has 0 spiro atoms. The van der Waals surface area contributed by atoms with Gasteiger partial charge >= 0.3 is 0 Å². The summed E-state index contributed by atoms with van der Waals surface area (Å²) >= 11 is 0. The van der Waals surface area contributed by atoms with E-state index in [1.165, 1.54) is 0 Å². The second kappa shape index (κ2) is 4.77. The monoisotopic (exact) mass is 241 g/mol. The standard InChI is InChI=1S/C13H24FN3/c1-10(2)17-7-6-11(16-17)8-13(14,9-15)12(3,4)5/h6-7,10H,8-9,15H2,1-5H3. The van der Waals surface area contributed by atoms with Gasteiger partial charge in [-0.05, 0) is 25.3 Å². The Labute approximate surface area is 103 Å². The fourth-order valence-electron chi connectivity index (χ4n) is 1.69. The van der Waals surface area contributed by atoms with Crippen LogP contribution in [0.25, 0.3) is 0 Å². The van der Waals surface area contributed by atoms with E-state index >= 15 is 0 Å². The number of alkyl halides is 1. The number of nitrogens with two attached hydrogens (primary N) is 1. The summed E-state index contributed by atoms with van der Waals surface area (Å²) in [5.74, 6) is 0.